The molecule has 26 heavy (non-hydrogen) atoms. The number of aromatic nitrogens is 1. The van der Waals surface area contributed by atoms with E-state index in [9.17, 15) is 14.8 Å². The highest BCUT2D eigenvalue weighted by molar-refractivity contribution is 5.94. The highest BCUT2D eigenvalue weighted by atomic mass is 16.5. The van der Waals surface area contributed by atoms with Crippen LogP contribution in [-0.2, 0) is 0 Å². The fourth-order valence-electron chi connectivity index (χ4n) is 1.97. The third kappa shape index (κ3) is 4.32. The van der Waals surface area contributed by atoms with Gasteiger partial charge in [0, 0.05) is 12.1 Å². The second kappa shape index (κ2) is 7.75. The van der Waals surface area contributed by atoms with Crippen molar-refractivity contribution in [2.24, 2.45) is 5.10 Å². The van der Waals surface area contributed by atoms with E-state index in [2.05, 4.69) is 10.5 Å². The lowest BCUT2D eigenvalue weighted by molar-refractivity contribution is -0.605. The Morgan fingerprint density at radius 2 is 1.85 bits per heavy atom. The Labute approximate surface area is 147 Å². The molecule has 0 atom stereocenters. The minimum Gasteiger partial charge on any atom is -0.619 e. The summed E-state index contributed by atoms with van der Waals surface area (Å²) in [6, 6.07) is 12.4. The number of rotatable bonds is 5. The lowest BCUT2D eigenvalue weighted by Crippen LogP contribution is -2.26. The molecule has 1 N–H and O–H groups in total. The summed E-state index contributed by atoms with van der Waals surface area (Å²) in [6.07, 6.45) is 5.27. The maximum absolute atomic E-state index is 11.8. The molecule has 1 aromatic carbocycles. The molecule has 1 amide bonds. The topological polar surface area (TPSA) is 108 Å². The van der Waals surface area contributed by atoms with Crippen LogP contribution in [0.3, 0.4) is 0 Å². The minimum absolute atomic E-state index is 0.113. The fraction of sp³-hybridized carbons (Fsp3) is 0. The van der Waals surface area contributed by atoms with Crippen LogP contribution in [0, 0.1) is 5.21 Å². The third-order valence-corrected chi connectivity index (χ3v) is 3.26. The monoisotopic (exact) mass is 351 g/mol. The molecule has 3 aromatic rings. The Hall–Kier alpha value is -3.94. The number of nitrogens with one attached hydrogen (secondary N) is 1. The summed E-state index contributed by atoms with van der Waals surface area (Å²) in [5.41, 5.74) is 3.36. The Bertz CT molecular complexity index is 916. The number of benzene rings is 1. The van der Waals surface area contributed by atoms with Gasteiger partial charge in [-0.1, -0.05) is 0 Å². The highest BCUT2D eigenvalue weighted by Crippen LogP contribution is 2.13. The van der Waals surface area contributed by atoms with Gasteiger partial charge in [-0.25, -0.2) is 10.2 Å². The van der Waals surface area contributed by atoms with Gasteiger partial charge in [0.15, 0.2) is 12.4 Å². The van der Waals surface area contributed by atoms with Crippen LogP contribution >= 0.6 is 0 Å². The van der Waals surface area contributed by atoms with Crippen molar-refractivity contribution in [2.45, 2.75) is 0 Å². The Morgan fingerprint density at radius 3 is 2.50 bits per heavy atom. The molecule has 2 heterocycles. The van der Waals surface area contributed by atoms with Gasteiger partial charge in [-0.05, 0) is 42.0 Å². The molecule has 0 spiro atoms. The normalized spacial score (nSPS) is 10.6. The molecular formula is C18H13N3O5. The Kier molecular flexibility index (Phi) is 5.04. The van der Waals surface area contributed by atoms with Crippen LogP contribution in [0.25, 0.3) is 0 Å². The van der Waals surface area contributed by atoms with E-state index in [1.807, 2.05) is 0 Å². The highest BCUT2D eigenvalue weighted by Gasteiger charge is 2.11. The molecule has 2 aromatic heterocycles. The number of ether oxygens (including phenoxy) is 1. The summed E-state index contributed by atoms with van der Waals surface area (Å²) in [6.45, 7) is 0. The van der Waals surface area contributed by atoms with Crippen molar-refractivity contribution < 1.29 is 23.5 Å². The van der Waals surface area contributed by atoms with Gasteiger partial charge < -0.3 is 14.4 Å². The van der Waals surface area contributed by atoms with Gasteiger partial charge in [0.2, 0.25) is 5.76 Å². The van der Waals surface area contributed by atoms with Crippen LogP contribution in [0.5, 0.6) is 5.75 Å². The van der Waals surface area contributed by atoms with Crippen LogP contribution in [0.4, 0.5) is 0 Å². The zero-order valence-electron chi connectivity index (χ0n) is 13.4. The van der Waals surface area contributed by atoms with Crippen molar-refractivity contribution >= 4 is 18.1 Å². The molecule has 0 radical (unpaired) electrons. The molecule has 130 valence electrons. The quantitative estimate of drug-likeness (QED) is 0.189. The van der Waals surface area contributed by atoms with Crippen molar-refractivity contribution in [3.05, 3.63) is 89.3 Å². The number of hydrazone groups is 1. The summed E-state index contributed by atoms with van der Waals surface area (Å²) in [5.74, 6) is -0.568. The van der Waals surface area contributed by atoms with Crippen molar-refractivity contribution in [2.75, 3.05) is 0 Å². The standard InChI is InChI=1S/C18H13N3O5/c22-17(14-7-9-21(24)10-8-14)20-19-12-13-3-5-15(6-4-13)26-18(23)16-2-1-11-25-16/h1-12H,(H,20,22)/b19-12+. The average molecular weight is 351 g/mol. The van der Waals surface area contributed by atoms with E-state index in [4.69, 9.17) is 9.15 Å². The number of furan rings is 1. The predicted octanol–water partition coefficient (Wildman–Crippen LogP) is 1.90. The van der Waals surface area contributed by atoms with Crippen LogP contribution in [0.2, 0.25) is 0 Å². The first-order valence-electron chi connectivity index (χ1n) is 7.50. The Morgan fingerprint density at radius 1 is 1.12 bits per heavy atom. The lowest BCUT2D eigenvalue weighted by atomic mass is 10.2. The maximum Gasteiger partial charge on any atom is 0.379 e. The first-order valence-corrected chi connectivity index (χ1v) is 7.50. The maximum atomic E-state index is 11.8. The van der Waals surface area contributed by atoms with E-state index in [1.165, 1.54) is 43.1 Å². The van der Waals surface area contributed by atoms with Gasteiger partial charge in [-0.2, -0.15) is 9.83 Å². The second-order valence-corrected chi connectivity index (χ2v) is 5.08. The van der Waals surface area contributed by atoms with Crippen LogP contribution in [-0.4, -0.2) is 18.1 Å². The zero-order chi connectivity index (χ0) is 18.4. The third-order valence-electron chi connectivity index (χ3n) is 3.26. The summed E-state index contributed by atoms with van der Waals surface area (Å²) >= 11 is 0. The number of carbonyl (C=O) groups is 2. The van der Waals surface area contributed by atoms with Gasteiger partial charge in [-0.15, -0.1) is 0 Å². The number of carbonyl (C=O) groups excluding carboxylic acids is 2. The molecule has 0 bridgehead atoms. The van der Waals surface area contributed by atoms with Gasteiger partial charge in [0.1, 0.15) is 5.75 Å². The lowest BCUT2D eigenvalue weighted by Gasteiger charge is -2.02. The van der Waals surface area contributed by atoms with E-state index >= 15 is 0 Å². The van der Waals surface area contributed by atoms with Gasteiger partial charge in [0.05, 0.1) is 18.0 Å². The van der Waals surface area contributed by atoms with Crippen molar-refractivity contribution in [1.29, 1.82) is 0 Å². The van der Waals surface area contributed by atoms with Crippen molar-refractivity contribution in [3.63, 3.8) is 0 Å². The van der Waals surface area contributed by atoms with E-state index in [-0.39, 0.29) is 5.76 Å². The molecule has 8 heteroatoms. The minimum atomic E-state index is -0.592. The first-order chi connectivity index (χ1) is 12.6. The molecule has 0 fully saturated rings. The van der Waals surface area contributed by atoms with Crippen LogP contribution in [0.15, 0.2) is 76.7 Å². The predicted molar refractivity (Wildman–Crippen MR) is 90.6 cm³/mol. The number of pyridine rings is 1. The summed E-state index contributed by atoms with van der Waals surface area (Å²) in [7, 11) is 0. The molecule has 0 aliphatic heterocycles. The number of nitrogens with zero attached hydrogens (tertiary/aromatic N) is 2. The largest absolute Gasteiger partial charge is 0.619 e. The van der Waals surface area contributed by atoms with Crippen molar-refractivity contribution in [3.8, 4) is 5.75 Å². The molecule has 0 saturated heterocycles. The molecule has 3 rings (SSSR count). The number of hydrogen-bond donors (Lipinski definition) is 1. The molecule has 0 unspecified atom stereocenters. The van der Waals surface area contributed by atoms with Crippen LogP contribution < -0.4 is 14.9 Å². The van der Waals surface area contributed by atoms with Gasteiger partial charge in [-0.3, -0.25) is 4.79 Å². The summed E-state index contributed by atoms with van der Waals surface area (Å²) in [5, 5.41) is 14.8. The smallest absolute Gasteiger partial charge is 0.379 e. The molecular weight excluding hydrogens is 338 g/mol. The van der Waals surface area contributed by atoms with E-state index in [0.717, 1.165) is 0 Å². The number of esters is 1. The first kappa shape index (κ1) is 16.9. The van der Waals surface area contributed by atoms with E-state index < -0.39 is 11.9 Å². The second-order valence-electron chi connectivity index (χ2n) is 5.08. The number of hydrogen-bond acceptors (Lipinski definition) is 6. The fourth-order valence-corrected chi connectivity index (χ4v) is 1.97. The summed E-state index contributed by atoms with van der Waals surface area (Å²) in [4.78, 5) is 23.6. The molecule has 0 aliphatic carbocycles. The van der Waals surface area contributed by atoms with E-state index in [1.54, 1.807) is 30.3 Å². The summed E-state index contributed by atoms with van der Waals surface area (Å²) < 4.78 is 10.7. The van der Waals surface area contributed by atoms with E-state index in [0.29, 0.717) is 21.6 Å². The SMILES string of the molecule is O=C(N/N=C/c1ccc(OC(=O)c2ccco2)cc1)c1cc[n+]([O-])cc1. The average Bonchev–Trinajstić information content (AvgIpc) is 3.18. The molecule has 0 aliphatic rings. The van der Waals surface area contributed by atoms with Gasteiger partial charge in [0.25, 0.3) is 5.91 Å². The molecule has 8 nitrogen and oxygen atoms in total. The van der Waals surface area contributed by atoms with Crippen molar-refractivity contribution in [1.82, 2.24) is 5.43 Å². The molecule has 0 saturated carbocycles. The Balaban J connectivity index is 1.55. The van der Waals surface area contributed by atoms with Crippen LogP contribution in [0.1, 0.15) is 26.5 Å². The number of amides is 1. The van der Waals surface area contributed by atoms with Gasteiger partial charge >= 0.3 is 5.97 Å². The zero-order valence-corrected chi connectivity index (χ0v) is 13.4.